The van der Waals surface area contributed by atoms with Gasteiger partial charge in [-0.25, -0.2) is 0 Å². The molecule has 1 fully saturated rings. The van der Waals surface area contributed by atoms with E-state index in [0.29, 0.717) is 5.56 Å². The topological polar surface area (TPSA) is 70.6 Å². The monoisotopic (exact) mass is 264 g/mol. The maximum absolute atomic E-state index is 11.6. The minimum atomic E-state index is -0.167. The van der Waals surface area contributed by atoms with Crippen molar-refractivity contribution in [3.05, 3.63) is 29.8 Å². The van der Waals surface area contributed by atoms with Gasteiger partial charge in [0.05, 0.1) is 19.8 Å². The lowest BCUT2D eigenvalue weighted by molar-refractivity contribution is -0.0924. The highest BCUT2D eigenvalue weighted by Crippen LogP contribution is 2.26. The van der Waals surface area contributed by atoms with Gasteiger partial charge < -0.3 is 20.5 Å². The van der Waals surface area contributed by atoms with Gasteiger partial charge in [-0.3, -0.25) is 4.79 Å². The summed E-state index contributed by atoms with van der Waals surface area (Å²) in [6.07, 6.45) is 0. The molecule has 0 radical (unpaired) electrons. The van der Waals surface area contributed by atoms with Crippen LogP contribution in [-0.4, -0.2) is 43.9 Å². The number of rotatable bonds is 6. The van der Waals surface area contributed by atoms with Crippen molar-refractivity contribution in [2.24, 2.45) is 5.41 Å². The third kappa shape index (κ3) is 3.68. The summed E-state index contributed by atoms with van der Waals surface area (Å²) in [5, 5.41) is 14.6. The Morgan fingerprint density at radius 1 is 1.37 bits per heavy atom. The second-order valence-corrected chi connectivity index (χ2v) is 5.21. The van der Waals surface area contributed by atoms with Crippen LogP contribution < -0.4 is 10.6 Å². The molecule has 5 heteroatoms. The predicted molar refractivity (Wildman–Crippen MR) is 73.3 cm³/mol. The van der Waals surface area contributed by atoms with Gasteiger partial charge in [0.2, 0.25) is 0 Å². The van der Waals surface area contributed by atoms with Crippen molar-refractivity contribution in [1.29, 1.82) is 0 Å². The minimum Gasteiger partial charge on any atom is -0.395 e. The number of carbonyl (C=O) groups is 1. The highest BCUT2D eigenvalue weighted by atomic mass is 16.5. The molecule has 0 bridgehead atoms. The Labute approximate surface area is 113 Å². The van der Waals surface area contributed by atoms with Crippen LogP contribution >= 0.6 is 0 Å². The Bertz CT molecular complexity index is 427. The molecule has 1 amide bonds. The SMILES string of the molecule is CC1(CNc2ccc(C(=O)NCCO)cc2)COC1. The maximum Gasteiger partial charge on any atom is 0.251 e. The first-order valence-corrected chi connectivity index (χ1v) is 6.44. The van der Waals surface area contributed by atoms with Gasteiger partial charge in [0, 0.05) is 29.8 Å². The van der Waals surface area contributed by atoms with E-state index >= 15 is 0 Å². The first kappa shape index (κ1) is 13.8. The van der Waals surface area contributed by atoms with E-state index < -0.39 is 0 Å². The quantitative estimate of drug-likeness (QED) is 0.712. The molecule has 104 valence electrons. The second kappa shape index (κ2) is 6.04. The van der Waals surface area contributed by atoms with Gasteiger partial charge >= 0.3 is 0 Å². The lowest BCUT2D eigenvalue weighted by atomic mass is 9.89. The van der Waals surface area contributed by atoms with Crippen LogP contribution in [0, 0.1) is 5.41 Å². The van der Waals surface area contributed by atoms with Crippen molar-refractivity contribution in [3.8, 4) is 0 Å². The zero-order valence-electron chi connectivity index (χ0n) is 11.1. The third-order valence-corrected chi connectivity index (χ3v) is 3.16. The number of aliphatic hydroxyl groups is 1. The predicted octanol–water partition coefficient (Wildman–Crippen LogP) is 0.857. The molecular weight excluding hydrogens is 244 g/mol. The molecule has 0 unspecified atom stereocenters. The van der Waals surface area contributed by atoms with Crippen molar-refractivity contribution in [3.63, 3.8) is 0 Å². The molecule has 1 saturated heterocycles. The number of amides is 1. The van der Waals surface area contributed by atoms with Crippen LogP contribution in [0.4, 0.5) is 5.69 Å². The molecule has 1 aromatic carbocycles. The number of nitrogens with one attached hydrogen (secondary N) is 2. The second-order valence-electron chi connectivity index (χ2n) is 5.21. The van der Waals surface area contributed by atoms with E-state index in [-0.39, 0.29) is 24.5 Å². The number of hydrogen-bond acceptors (Lipinski definition) is 4. The van der Waals surface area contributed by atoms with Gasteiger partial charge in [0.1, 0.15) is 0 Å². The maximum atomic E-state index is 11.6. The number of benzene rings is 1. The first-order chi connectivity index (χ1) is 9.13. The molecule has 1 aliphatic heterocycles. The van der Waals surface area contributed by atoms with E-state index in [0.717, 1.165) is 25.4 Å². The summed E-state index contributed by atoms with van der Waals surface area (Å²) in [4.78, 5) is 11.6. The van der Waals surface area contributed by atoms with Gasteiger partial charge in [-0.05, 0) is 24.3 Å². The van der Waals surface area contributed by atoms with Crippen LogP contribution in [0.1, 0.15) is 17.3 Å². The van der Waals surface area contributed by atoms with E-state index in [4.69, 9.17) is 9.84 Å². The highest BCUT2D eigenvalue weighted by Gasteiger charge is 2.32. The fourth-order valence-corrected chi connectivity index (χ4v) is 1.88. The standard InChI is InChI=1S/C14H20N2O3/c1-14(9-19-10-14)8-16-12-4-2-11(3-5-12)13(18)15-6-7-17/h2-5,16-17H,6-10H2,1H3,(H,15,18). The van der Waals surface area contributed by atoms with E-state index in [1.54, 1.807) is 12.1 Å². The smallest absolute Gasteiger partial charge is 0.251 e. The van der Waals surface area contributed by atoms with E-state index in [2.05, 4.69) is 17.6 Å². The Morgan fingerprint density at radius 3 is 2.58 bits per heavy atom. The van der Waals surface area contributed by atoms with E-state index in [1.807, 2.05) is 12.1 Å². The number of aliphatic hydroxyl groups excluding tert-OH is 1. The van der Waals surface area contributed by atoms with Gasteiger partial charge in [-0.15, -0.1) is 0 Å². The molecule has 0 aromatic heterocycles. The molecule has 19 heavy (non-hydrogen) atoms. The lowest BCUT2D eigenvalue weighted by Gasteiger charge is -2.38. The van der Waals surface area contributed by atoms with Crippen LogP contribution in [0.2, 0.25) is 0 Å². The van der Waals surface area contributed by atoms with E-state index in [9.17, 15) is 4.79 Å². The van der Waals surface area contributed by atoms with Gasteiger partial charge in [-0.1, -0.05) is 6.92 Å². The molecule has 1 heterocycles. The summed E-state index contributed by atoms with van der Waals surface area (Å²) in [5.41, 5.74) is 1.81. The first-order valence-electron chi connectivity index (χ1n) is 6.44. The molecule has 1 aromatic rings. The summed E-state index contributed by atoms with van der Waals surface area (Å²) >= 11 is 0. The molecule has 0 aliphatic carbocycles. The molecule has 5 nitrogen and oxygen atoms in total. The summed E-state index contributed by atoms with van der Waals surface area (Å²) in [5.74, 6) is -0.167. The number of ether oxygens (including phenoxy) is 1. The van der Waals surface area contributed by atoms with Gasteiger partial charge in [-0.2, -0.15) is 0 Å². The summed E-state index contributed by atoms with van der Waals surface area (Å²) in [6, 6.07) is 7.32. The number of carbonyl (C=O) groups excluding carboxylic acids is 1. The molecule has 0 atom stereocenters. The van der Waals surface area contributed by atoms with Crippen molar-refractivity contribution < 1.29 is 14.6 Å². The number of hydrogen-bond donors (Lipinski definition) is 3. The number of anilines is 1. The van der Waals surface area contributed by atoms with Crippen LogP contribution in [0.25, 0.3) is 0 Å². The largest absolute Gasteiger partial charge is 0.395 e. The average molecular weight is 264 g/mol. The van der Waals surface area contributed by atoms with Crippen LogP contribution in [0.15, 0.2) is 24.3 Å². The van der Waals surface area contributed by atoms with Crippen molar-refractivity contribution in [2.75, 3.05) is 38.2 Å². The van der Waals surface area contributed by atoms with Crippen LogP contribution in [0.5, 0.6) is 0 Å². The zero-order chi connectivity index (χ0) is 13.7. The molecule has 1 aliphatic rings. The average Bonchev–Trinajstić information content (AvgIpc) is 2.41. The zero-order valence-corrected chi connectivity index (χ0v) is 11.1. The Kier molecular flexibility index (Phi) is 4.39. The van der Waals surface area contributed by atoms with Crippen molar-refractivity contribution in [1.82, 2.24) is 5.32 Å². The van der Waals surface area contributed by atoms with Gasteiger partial charge in [0.25, 0.3) is 5.91 Å². The third-order valence-electron chi connectivity index (χ3n) is 3.16. The van der Waals surface area contributed by atoms with Gasteiger partial charge in [0.15, 0.2) is 0 Å². The normalized spacial score (nSPS) is 16.5. The molecule has 3 N–H and O–H groups in total. The van der Waals surface area contributed by atoms with Crippen LogP contribution in [0.3, 0.4) is 0 Å². The van der Waals surface area contributed by atoms with Crippen molar-refractivity contribution >= 4 is 11.6 Å². The molecule has 0 spiro atoms. The molecule has 0 saturated carbocycles. The Balaban J connectivity index is 1.85. The minimum absolute atomic E-state index is 0.0496. The fraction of sp³-hybridized carbons (Fsp3) is 0.500. The summed E-state index contributed by atoms with van der Waals surface area (Å²) in [6.45, 7) is 4.86. The molecule has 2 rings (SSSR count). The molecular formula is C14H20N2O3. The highest BCUT2D eigenvalue weighted by molar-refractivity contribution is 5.94. The Hall–Kier alpha value is -1.59. The van der Waals surface area contributed by atoms with Crippen LogP contribution in [-0.2, 0) is 4.74 Å². The lowest BCUT2D eigenvalue weighted by Crippen LogP contribution is -2.45. The fourth-order valence-electron chi connectivity index (χ4n) is 1.88. The Morgan fingerprint density at radius 2 is 2.05 bits per heavy atom. The van der Waals surface area contributed by atoms with Crippen molar-refractivity contribution in [2.45, 2.75) is 6.92 Å². The van der Waals surface area contributed by atoms with E-state index in [1.165, 1.54) is 0 Å². The summed E-state index contributed by atoms with van der Waals surface area (Å²) in [7, 11) is 0. The summed E-state index contributed by atoms with van der Waals surface area (Å²) < 4.78 is 5.20.